The summed E-state index contributed by atoms with van der Waals surface area (Å²) in [7, 11) is 1.32. The van der Waals surface area contributed by atoms with Crippen LogP contribution in [0.2, 0.25) is 0 Å². The number of nitrogens with one attached hydrogen (secondary N) is 2. The van der Waals surface area contributed by atoms with Crippen molar-refractivity contribution < 1.29 is 19.7 Å². The molecule has 1 atom stereocenters. The van der Waals surface area contributed by atoms with E-state index in [4.69, 9.17) is 5.11 Å². The van der Waals surface area contributed by atoms with Gasteiger partial charge in [-0.3, -0.25) is 0 Å². The van der Waals surface area contributed by atoms with E-state index in [1.165, 1.54) is 7.11 Å². The maximum atomic E-state index is 11.5. The lowest BCUT2D eigenvalue weighted by atomic mass is 10.1. The molecule has 0 amide bonds. The Morgan fingerprint density at radius 2 is 2.11 bits per heavy atom. The van der Waals surface area contributed by atoms with E-state index < -0.39 is 12.1 Å². The summed E-state index contributed by atoms with van der Waals surface area (Å²) in [6.07, 6.45) is -0.851. The van der Waals surface area contributed by atoms with Gasteiger partial charge in [-0.05, 0) is 25.1 Å². The molecule has 1 unspecified atom stereocenters. The maximum absolute atomic E-state index is 11.5. The Morgan fingerprint density at radius 1 is 1.37 bits per heavy atom. The highest BCUT2D eigenvalue weighted by Gasteiger charge is 2.10. The Labute approximate surface area is 112 Å². The zero-order valence-corrected chi connectivity index (χ0v) is 11.1. The van der Waals surface area contributed by atoms with E-state index in [2.05, 4.69) is 15.4 Å². The lowest BCUT2D eigenvalue weighted by molar-refractivity contribution is 0.0601. The van der Waals surface area contributed by atoms with Crippen LogP contribution in [0, 0.1) is 0 Å². The molecule has 0 aliphatic rings. The molecule has 0 bridgehead atoms. The summed E-state index contributed by atoms with van der Waals surface area (Å²) in [5, 5.41) is 24.3. The zero-order chi connectivity index (χ0) is 14.3. The van der Waals surface area contributed by atoms with Gasteiger partial charge in [0.15, 0.2) is 0 Å². The molecule has 0 heterocycles. The Morgan fingerprint density at radius 3 is 2.68 bits per heavy atom. The number of hydrogen-bond donors (Lipinski definition) is 4. The van der Waals surface area contributed by atoms with Gasteiger partial charge < -0.3 is 25.6 Å². The molecule has 0 radical (unpaired) electrons. The Hall–Kier alpha value is -1.79. The number of esters is 1. The summed E-state index contributed by atoms with van der Waals surface area (Å²) in [6.45, 7) is 2.56. The van der Waals surface area contributed by atoms with Gasteiger partial charge in [-0.2, -0.15) is 0 Å². The molecule has 1 aromatic carbocycles. The molecule has 0 spiro atoms. The van der Waals surface area contributed by atoms with Crippen molar-refractivity contribution in [2.75, 3.05) is 37.4 Å². The molecule has 6 nitrogen and oxygen atoms in total. The minimum atomic E-state index is -0.851. The predicted molar refractivity (Wildman–Crippen MR) is 73.5 cm³/mol. The van der Waals surface area contributed by atoms with Crippen LogP contribution in [0.4, 0.5) is 11.4 Å². The van der Waals surface area contributed by atoms with Crippen LogP contribution in [0.1, 0.15) is 17.3 Å². The van der Waals surface area contributed by atoms with Crippen molar-refractivity contribution in [3.8, 4) is 0 Å². The van der Waals surface area contributed by atoms with Crippen molar-refractivity contribution >= 4 is 17.3 Å². The third kappa shape index (κ3) is 4.42. The van der Waals surface area contributed by atoms with Crippen LogP contribution >= 0.6 is 0 Å². The molecule has 0 saturated carbocycles. The van der Waals surface area contributed by atoms with Gasteiger partial charge in [0, 0.05) is 13.1 Å². The largest absolute Gasteiger partial charge is 0.465 e. The summed E-state index contributed by atoms with van der Waals surface area (Å²) in [6, 6.07) is 5.08. The number of benzene rings is 1. The van der Waals surface area contributed by atoms with Crippen molar-refractivity contribution in [3.05, 3.63) is 23.8 Å². The summed E-state index contributed by atoms with van der Waals surface area (Å²) in [5.41, 5.74) is 1.92. The number of hydrogen-bond acceptors (Lipinski definition) is 6. The van der Waals surface area contributed by atoms with Crippen LogP contribution in [-0.4, -0.2) is 49.1 Å². The topological polar surface area (TPSA) is 90.8 Å². The van der Waals surface area contributed by atoms with Crippen LogP contribution in [0.25, 0.3) is 0 Å². The number of methoxy groups -OCH3 is 1. The lowest BCUT2D eigenvalue weighted by Crippen LogP contribution is -2.23. The molecule has 0 saturated heterocycles. The fraction of sp³-hybridized carbons (Fsp3) is 0.462. The number of carbonyl (C=O) groups excluding carboxylic acids is 1. The molecule has 0 fully saturated rings. The molecular weight excluding hydrogens is 248 g/mol. The Bertz CT molecular complexity index is 423. The third-order valence-corrected chi connectivity index (χ3v) is 2.55. The quantitative estimate of drug-likeness (QED) is 0.543. The van der Waals surface area contributed by atoms with E-state index in [9.17, 15) is 9.90 Å². The highest BCUT2D eigenvalue weighted by atomic mass is 16.5. The maximum Gasteiger partial charge on any atom is 0.337 e. The standard InChI is InChI=1S/C13H20N2O4/c1-3-14-11-5-4-9(13(18)19-2)6-12(11)15-7-10(17)8-16/h4-6,10,14-17H,3,7-8H2,1-2H3. The number of carbonyl (C=O) groups is 1. The molecule has 1 aromatic rings. The van der Waals surface area contributed by atoms with Crippen molar-refractivity contribution in [2.45, 2.75) is 13.0 Å². The van der Waals surface area contributed by atoms with Crippen LogP contribution in [-0.2, 0) is 4.74 Å². The van der Waals surface area contributed by atoms with Gasteiger partial charge in [-0.1, -0.05) is 0 Å². The fourth-order valence-electron chi connectivity index (χ4n) is 1.57. The highest BCUT2D eigenvalue weighted by Crippen LogP contribution is 2.23. The first kappa shape index (κ1) is 15.3. The first-order valence-electron chi connectivity index (χ1n) is 6.11. The third-order valence-electron chi connectivity index (χ3n) is 2.55. The SMILES string of the molecule is CCNc1ccc(C(=O)OC)cc1NCC(O)CO. The van der Waals surface area contributed by atoms with E-state index in [0.29, 0.717) is 11.3 Å². The Balaban J connectivity index is 2.91. The van der Waals surface area contributed by atoms with E-state index >= 15 is 0 Å². The number of anilines is 2. The second-order valence-electron chi connectivity index (χ2n) is 4.00. The summed E-state index contributed by atoms with van der Waals surface area (Å²) < 4.78 is 4.66. The van der Waals surface area contributed by atoms with Crippen molar-refractivity contribution in [2.24, 2.45) is 0 Å². The minimum Gasteiger partial charge on any atom is -0.465 e. The molecule has 4 N–H and O–H groups in total. The average molecular weight is 268 g/mol. The van der Waals surface area contributed by atoms with Crippen molar-refractivity contribution in [1.82, 2.24) is 0 Å². The predicted octanol–water partition coefficient (Wildman–Crippen LogP) is 0.670. The van der Waals surface area contributed by atoms with E-state index in [1.807, 2.05) is 6.92 Å². The van der Waals surface area contributed by atoms with Crippen molar-refractivity contribution in [1.29, 1.82) is 0 Å². The van der Waals surface area contributed by atoms with Gasteiger partial charge in [0.1, 0.15) is 0 Å². The molecule has 0 aliphatic carbocycles. The summed E-state index contributed by atoms with van der Waals surface area (Å²) in [4.78, 5) is 11.5. The lowest BCUT2D eigenvalue weighted by Gasteiger charge is -2.16. The molecule has 19 heavy (non-hydrogen) atoms. The van der Waals surface area contributed by atoms with Crippen molar-refractivity contribution in [3.63, 3.8) is 0 Å². The molecular formula is C13H20N2O4. The van der Waals surface area contributed by atoms with E-state index in [-0.39, 0.29) is 13.2 Å². The number of aliphatic hydroxyl groups excluding tert-OH is 2. The zero-order valence-electron chi connectivity index (χ0n) is 11.1. The fourth-order valence-corrected chi connectivity index (χ4v) is 1.57. The van der Waals surface area contributed by atoms with Crippen LogP contribution < -0.4 is 10.6 Å². The van der Waals surface area contributed by atoms with Crippen LogP contribution in [0.3, 0.4) is 0 Å². The molecule has 106 valence electrons. The first-order chi connectivity index (χ1) is 9.12. The highest BCUT2D eigenvalue weighted by molar-refractivity contribution is 5.92. The molecule has 0 aromatic heterocycles. The van der Waals surface area contributed by atoms with Gasteiger partial charge in [-0.25, -0.2) is 4.79 Å². The van der Waals surface area contributed by atoms with Crippen LogP contribution in [0.5, 0.6) is 0 Å². The molecule has 6 heteroatoms. The van der Waals surface area contributed by atoms with Gasteiger partial charge in [-0.15, -0.1) is 0 Å². The average Bonchev–Trinajstić information content (AvgIpc) is 2.45. The molecule has 0 aliphatic heterocycles. The number of aliphatic hydroxyl groups is 2. The summed E-state index contributed by atoms with van der Waals surface area (Å²) >= 11 is 0. The smallest absolute Gasteiger partial charge is 0.337 e. The number of ether oxygens (including phenoxy) is 1. The van der Waals surface area contributed by atoms with E-state index in [1.54, 1.807) is 18.2 Å². The second-order valence-corrected chi connectivity index (χ2v) is 4.00. The summed E-state index contributed by atoms with van der Waals surface area (Å²) in [5.74, 6) is -0.422. The normalized spacial score (nSPS) is 11.8. The number of rotatable bonds is 7. The van der Waals surface area contributed by atoms with Crippen LogP contribution in [0.15, 0.2) is 18.2 Å². The monoisotopic (exact) mass is 268 g/mol. The van der Waals surface area contributed by atoms with Gasteiger partial charge in [0.25, 0.3) is 0 Å². The molecule has 1 rings (SSSR count). The first-order valence-corrected chi connectivity index (χ1v) is 6.11. The Kier molecular flexibility index (Phi) is 6.11. The van der Waals surface area contributed by atoms with Gasteiger partial charge >= 0.3 is 5.97 Å². The van der Waals surface area contributed by atoms with Gasteiger partial charge in [0.05, 0.1) is 36.8 Å². The van der Waals surface area contributed by atoms with E-state index in [0.717, 1.165) is 12.2 Å². The van der Waals surface area contributed by atoms with Gasteiger partial charge in [0.2, 0.25) is 0 Å². The second kappa shape index (κ2) is 7.60. The minimum absolute atomic E-state index is 0.194.